The number of hydrazine groups is 1. The van der Waals surface area contributed by atoms with Crippen molar-refractivity contribution < 1.29 is 18.7 Å². The number of aromatic nitrogens is 2. The van der Waals surface area contributed by atoms with Crippen molar-refractivity contribution in [2.24, 2.45) is 0 Å². The van der Waals surface area contributed by atoms with Gasteiger partial charge in [-0.25, -0.2) is 0 Å². The summed E-state index contributed by atoms with van der Waals surface area (Å²) in [7, 11) is 0. The first-order valence-electron chi connectivity index (χ1n) is 8.08. The maximum atomic E-state index is 11.8. The molecule has 0 saturated carbocycles. The molecule has 0 aliphatic heterocycles. The summed E-state index contributed by atoms with van der Waals surface area (Å²) < 4.78 is 10.9. The van der Waals surface area contributed by atoms with Gasteiger partial charge in [-0.1, -0.05) is 41.6 Å². The molecule has 28 heavy (non-hydrogen) atoms. The van der Waals surface area contributed by atoms with E-state index in [9.17, 15) is 9.59 Å². The molecular weight excluding hydrogens is 404 g/mol. The van der Waals surface area contributed by atoms with Gasteiger partial charge in [0.1, 0.15) is 5.75 Å². The van der Waals surface area contributed by atoms with Gasteiger partial charge in [0.15, 0.2) is 6.61 Å². The van der Waals surface area contributed by atoms with Crippen LogP contribution in [0.15, 0.2) is 64.2 Å². The van der Waals surface area contributed by atoms with E-state index in [4.69, 9.17) is 20.8 Å². The second kappa shape index (κ2) is 9.77. The fourth-order valence-corrected chi connectivity index (χ4v) is 2.69. The number of amides is 2. The van der Waals surface area contributed by atoms with Gasteiger partial charge in [-0.2, -0.15) is 0 Å². The number of nitrogens with one attached hydrogen (secondary N) is 2. The Labute approximate surface area is 169 Å². The first-order valence-corrected chi connectivity index (χ1v) is 9.44. The van der Waals surface area contributed by atoms with Gasteiger partial charge >= 0.3 is 0 Å². The van der Waals surface area contributed by atoms with Crippen LogP contribution in [0.5, 0.6) is 5.75 Å². The first-order chi connectivity index (χ1) is 13.6. The molecule has 0 fully saturated rings. The van der Waals surface area contributed by atoms with Gasteiger partial charge in [0.05, 0.1) is 5.75 Å². The molecule has 1 aromatic heterocycles. The number of ether oxygens (including phenoxy) is 1. The minimum Gasteiger partial charge on any atom is -0.484 e. The number of rotatable bonds is 7. The first kappa shape index (κ1) is 19.7. The quantitative estimate of drug-likeness (QED) is 0.448. The van der Waals surface area contributed by atoms with Crippen molar-refractivity contribution in [3.8, 4) is 5.75 Å². The molecule has 2 amide bonds. The van der Waals surface area contributed by atoms with Crippen LogP contribution in [0.25, 0.3) is 0 Å². The van der Waals surface area contributed by atoms with E-state index in [1.54, 1.807) is 54.6 Å². The third-order valence-corrected chi connectivity index (χ3v) is 4.37. The Hall–Kier alpha value is -3.04. The Morgan fingerprint density at radius 3 is 2.54 bits per heavy atom. The number of carbonyl (C=O) groups excluding carboxylic acids is 2. The zero-order valence-corrected chi connectivity index (χ0v) is 16.0. The van der Waals surface area contributed by atoms with Crippen molar-refractivity contribution in [3.05, 3.63) is 71.1 Å². The van der Waals surface area contributed by atoms with Gasteiger partial charge in [0.25, 0.3) is 17.0 Å². The number of nitrogens with zero attached hydrogens (tertiary/aromatic N) is 2. The zero-order valence-electron chi connectivity index (χ0n) is 14.4. The van der Waals surface area contributed by atoms with Crippen LogP contribution in [-0.4, -0.2) is 27.8 Å². The van der Waals surface area contributed by atoms with Gasteiger partial charge < -0.3 is 9.15 Å². The van der Waals surface area contributed by atoms with E-state index in [0.717, 1.165) is 11.8 Å². The molecule has 0 unspecified atom stereocenters. The van der Waals surface area contributed by atoms with E-state index in [2.05, 4.69) is 21.0 Å². The summed E-state index contributed by atoms with van der Waals surface area (Å²) in [5.74, 6) is 0.0692. The Morgan fingerprint density at radius 1 is 1.04 bits per heavy atom. The van der Waals surface area contributed by atoms with E-state index in [1.807, 2.05) is 0 Å². The molecule has 0 aliphatic rings. The number of thioether (sulfide) groups is 1. The molecule has 2 aromatic carbocycles. The molecule has 2 N–H and O–H groups in total. The van der Waals surface area contributed by atoms with Crippen molar-refractivity contribution in [1.82, 2.24) is 21.0 Å². The van der Waals surface area contributed by atoms with E-state index >= 15 is 0 Å². The molecule has 0 radical (unpaired) electrons. The minimum atomic E-state index is -0.411. The van der Waals surface area contributed by atoms with Gasteiger partial charge in [-0.15, -0.1) is 10.2 Å². The van der Waals surface area contributed by atoms with Gasteiger partial charge in [0, 0.05) is 10.6 Å². The summed E-state index contributed by atoms with van der Waals surface area (Å²) in [6.07, 6.45) is 0. The third kappa shape index (κ3) is 6.00. The average molecular weight is 419 g/mol. The number of hydrogen-bond acceptors (Lipinski definition) is 7. The lowest BCUT2D eigenvalue weighted by Crippen LogP contribution is -2.42. The largest absolute Gasteiger partial charge is 0.484 e. The molecule has 0 spiro atoms. The average Bonchev–Trinajstić information content (AvgIpc) is 3.18. The monoisotopic (exact) mass is 418 g/mol. The van der Waals surface area contributed by atoms with Crippen LogP contribution in [0.1, 0.15) is 16.2 Å². The maximum Gasteiger partial charge on any atom is 0.277 e. The highest BCUT2D eigenvalue weighted by Crippen LogP contribution is 2.19. The van der Waals surface area contributed by atoms with Crippen LogP contribution in [0, 0.1) is 0 Å². The number of halogens is 1. The summed E-state index contributed by atoms with van der Waals surface area (Å²) in [6, 6.07) is 15.4. The van der Waals surface area contributed by atoms with Crippen molar-refractivity contribution in [2.75, 3.05) is 5.75 Å². The van der Waals surface area contributed by atoms with Crippen LogP contribution >= 0.6 is 23.4 Å². The molecule has 1 heterocycles. The number of carbonyl (C=O) groups is 2. The molecule has 144 valence electrons. The molecule has 0 atom stereocenters. The highest BCUT2D eigenvalue weighted by atomic mass is 35.5. The van der Waals surface area contributed by atoms with E-state index < -0.39 is 11.8 Å². The summed E-state index contributed by atoms with van der Waals surface area (Å²) in [4.78, 5) is 23.7. The fraction of sp³-hybridized carbons (Fsp3) is 0.111. The van der Waals surface area contributed by atoms with Crippen molar-refractivity contribution >= 4 is 35.2 Å². The summed E-state index contributed by atoms with van der Waals surface area (Å²) in [6.45, 7) is 0.0918. The normalized spacial score (nSPS) is 10.3. The smallest absolute Gasteiger partial charge is 0.277 e. The Balaban J connectivity index is 1.39. The zero-order chi connectivity index (χ0) is 19.8. The van der Waals surface area contributed by atoms with Crippen LogP contribution in [0.3, 0.4) is 0 Å². The molecule has 3 rings (SSSR count). The van der Waals surface area contributed by atoms with E-state index in [-0.39, 0.29) is 23.5 Å². The van der Waals surface area contributed by atoms with Crippen LogP contribution in [0.2, 0.25) is 5.02 Å². The second-order valence-electron chi connectivity index (χ2n) is 5.36. The van der Waals surface area contributed by atoms with Crippen LogP contribution in [0.4, 0.5) is 0 Å². The highest BCUT2D eigenvalue weighted by molar-refractivity contribution is 7.99. The molecule has 8 nitrogen and oxygen atoms in total. The van der Waals surface area contributed by atoms with E-state index in [0.29, 0.717) is 16.3 Å². The predicted octanol–water partition coefficient (Wildman–Crippen LogP) is 2.86. The standard InChI is InChI=1S/C18H15ClN4O4S/c19-13-6-8-14(9-7-13)26-10-16-21-23-18(27-16)28-11-15(24)20-22-17(25)12-4-2-1-3-5-12/h1-9H,10-11H2,(H,20,24)(H,22,25). The van der Waals surface area contributed by atoms with Crippen molar-refractivity contribution in [1.29, 1.82) is 0 Å². The van der Waals surface area contributed by atoms with E-state index in [1.165, 1.54) is 0 Å². The topological polar surface area (TPSA) is 106 Å². The van der Waals surface area contributed by atoms with Gasteiger partial charge in [0.2, 0.25) is 5.91 Å². The third-order valence-electron chi connectivity index (χ3n) is 3.30. The second-order valence-corrected chi connectivity index (χ2v) is 6.72. The lowest BCUT2D eigenvalue weighted by atomic mass is 10.2. The predicted molar refractivity (Wildman–Crippen MR) is 103 cm³/mol. The molecular formula is C18H15ClN4O4S. The lowest BCUT2D eigenvalue weighted by molar-refractivity contribution is -0.119. The summed E-state index contributed by atoms with van der Waals surface area (Å²) in [5.41, 5.74) is 5.10. The summed E-state index contributed by atoms with van der Waals surface area (Å²) in [5, 5.41) is 8.52. The number of benzene rings is 2. The van der Waals surface area contributed by atoms with Crippen molar-refractivity contribution in [2.45, 2.75) is 11.8 Å². The van der Waals surface area contributed by atoms with Gasteiger partial charge in [-0.05, 0) is 36.4 Å². The Kier molecular flexibility index (Phi) is 6.88. The SMILES string of the molecule is O=C(CSc1nnc(COc2ccc(Cl)cc2)o1)NNC(=O)c1ccccc1. The molecule has 10 heteroatoms. The van der Waals surface area contributed by atoms with Crippen LogP contribution in [-0.2, 0) is 11.4 Å². The summed E-state index contributed by atoms with van der Waals surface area (Å²) >= 11 is 6.85. The van der Waals surface area contributed by atoms with Crippen LogP contribution < -0.4 is 15.6 Å². The minimum absolute atomic E-state index is 0.00521. The Bertz CT molecular complexity index is 934. The van der Waals surface area contributed by atoms with Gasteiger partial charge in [-0.3, -0.25) is 20.4 Å². The molecule has 0 saturated heterocycles. The maximum absolute atomic E-state index is 11.8. The molecule has 0 aliphatic carbocycles. The van der Waals surface area contributed by atoms with Crippen molar-refractivity contribution in [3.63, 3.8) is 0 Å². The molecule has 0 bridgehead atoms. The highest BCUT2D eigenvalue weighted by Gasteiger charge is 2.11. The Morgan fingerprint density at radius 2 is 1.79 bits per heavy atom. The fourth-order valence-electron chi connectivity index (χ4n) is 1.98. The molecule has 3 aromatic rings. The number of hydrogen-bond donors (Lipinski definition) is 2. The lowest BCUT2D eigenvalue weighted by Gasteiger charge is -2.06.